The topological polar surface area (TPSA) is 38.5 Å². The number of hydrogen-bond acceptors (Lipinski definition) is 3. The molecule has 0 unspecified atom stereocenters. The fourth-order valence-electron chi connectivity index (χ4n) is 3.05. The van der Waals surface area contributed by atoms with E-state index in [4.69, 9.17) is 10.5 Å². The molecule has 2 rings (SSSR count). The highest BCUT2D eigenvalue weighted by Crippen LogP contribution is 2.25. The average molecular weight is 276 g/mol. The molecule has 0 aliphatic heterocycles. The Kier molecular flexibility index (Phi) is 6.34. The Labute approximate surface area is 123 Å². The first-order valence-electron chi connectivity index (χ1n) is 7.89. The minimum atomic E-state index is 0.539. The molecule has 3 nitrogen and oxygen atoms in total. The van der Waals surface area contributed by atoms with Crippen molar-refractivity contribution in [1.82, 2.24) is 4.90 Å². The van der Waals surface area contributed by atoms with Gasteiger partial charge in [0.25, 0.3) is 0 Å². The quantitative estimate of drug-likeness (QED) is 0.742. The van der Waals surface area contributed by atoms with Crippen LogP contribution >= 0.6 is 0 Å². The fourth-order valence-corrected chi connectivity index (χ4v) is 3.05. The summed E-state index contributed by atoms with van der Waals surface area (Å²) < 4.78 is 5.84. The van der Waals surface area contributed by atoms with Crippen molar-refractivity contribution in [3.05, 3.63) is 29.8 Å². The van der Waals surface area contributed by atoms with Crippen LogP contribution in [0.25, 0.3) is 0 Å². The molecular formula is C17H28N2O. The highest BCUT2D eigenvalue weighted by Gasteiger charge is 2.16. The molecule has 1 fully saturated rings. The predicted molar refractivity (Wildman–Crippen MR) is 83.9 cm³/mol. The maximum Gasteiger partial charge on any atom is 0.123 e. The van der Waals surface area contributed by atoms with Crippen molar-refractivity contribution in [2.45, 2.75) is 38.6 Å². The van der Waals surface area contributed by atoms with E-state index in [0.29, 0.717) is 6.54 Å². The largest absolute Gasteiger partial charge is 0.493 e. The van der Waals surface area contributed by atoms with Crippen molar-refractivity contribution in [1.29, 1.82) is 0 Å². The Balaban J connectivity index is 1.63. The van der Waals surface area contributed by atoms with Crippen LogP contribution in [0.1, 0.15) is 37.7 Å². The SMILES string of the molecule is CN(CCCOc1ccccc1CN)CC1CCCC1. The lowest BCUT2D eigenvalue weighted by Gasteiger charge is -2.20. The van der Waals surface area contributed by atoms with Gasteiger partial charge in [-0.05, 0) is 38.3 Å². The zero-order valence-electron chi connectivity index (χ0n) is 12.7. The first-order valence-corrected chi connectivity index (χ1v) is 7.89. The number of hydrogen-bond donors (Lipinski definition) is 1. The molecule has 1 aliphatic rings. The molecule has 1 aromatic rings. The van der Waals surface area contributed by atoms with Crippen LogP contribution in [-0.2, 0) is 6.54 Å². The summed E-state index contributed by atoms with van der Waals surface area (Å²) in [5, 5.41) is 0. The molecule has 1 saturated carbocycles. The van der Waals surface area contributed by atoms with Gasteiger partial charge in [0.1, 0.15) is 5.75 Å². The van der Waals surface area contributed by atoms with E-state index in [0.717, 1.165) is 36.8 Å². The van der Waals surface area contributed by atoms with Gasteiger partial charge in [-0.15, -0.1) is 0 Å². The summed E-state index contributed by atoms with van der Waals surface area (Å²) in [6.07, 6.45) is 6.77. The number of nitrogens with zero attached hydrogens (tertiary/aromatic N) is 1. The Hall–Kier alpha value is -1.06. The Morgan fingerprint density at radius 2 is 2.00 bits per heavy atom. The standard InChI is InChI=1S/C17H28N2O/c1-19(14-15-7-2-3-8-15)11-6-12-20-17-10-5-4-9-16(17)13-18/h4-5,9-10,15H,2-3,6-8,11-14,18H2,1H3. The Morgan fingerprint density at radius 3 is 2.75 bits per heavy atom. The van der Waals surface area contributed by atoms with Gasteiger partial charge in [0, 0.05) is 25.2 Å². The second-order valence-electron chi connectivity index (χ2n) is 5.93. The highest BCUT2D eigenvalue weighted by atomic mass is 16.5. The molecule has 0 aromatic heterocycles. The van der Waals surface area contributed by atoms with Crippen LogP contribution in [0.15, 0.2) is 24.3 Å². The minimum Gasteiger partial charge on any atom is -0.493 e. The third kappa shape index (κ3) is 4.80. The molecule has 0 bridgehead atoms. The molecule has 0 saturated heterocycles. The van der Waals surface area contributed by atoms with Crippen molar-refractivity contribution in [2.75, 3.05) is 26.7 Å². The van der Waals surface area contributed by atoms with E-state index in [2.05, 4.69) is 11.9 Å². The Bertz CT molecular complexity index is 388. The molecule has 112 valence electrons. The van der Waals surface area contributed by atoms with Crippen molar-refractivity contribution in [3.63, 3.8) is 0 Å². The van der Waals surface area contributed by atoms with Gasteiger partial charge >= 0.3 is 0 Å². The second kappa shape index (κ2) is 8.28. The summed E-state index contributed by atoms with van der Waals surface area (Å²) in [4.78, 5) is 2.45. The fraction of sp³-hybridized carbons (Fsp3) is 0.647. The Morgan fingerprint density at radius 1 is 1.25 bits per heavy atom. The third-order valence-electron chi connectivity index (χ3n) is 4.18. The van der Waals surface area contributed by atoms with Gasteiger partial charge in [0.2, 0.25) is 0 Å². The van der Waals surface area contributed by atoms with Gasteiger partial charge < -0.3 is 15.4 Å². The number of rotatable bonds is 8. The maximum absolute atomic E-state index is 5.84. The predicted octanol–water partition coefficient (Wildman–Crippen LogP) is 3.04. The van der Waals surface area contributed by atoms with Gasteiger partial charge in [-0.25, -0.2) is 0 Å². The van der Waals surface area contributed by atoms with Crippen LogP contribution in [0.2, 0.25) is 0 Å². The lowest BCUT2D eigenvalue weighted by Crippen LogP contribution is -2.26. The van der Waals surface area contributed by atoms with Crippen LogP contribution < -0.4 is 10.5 Å². The summed E-state index contributed by atoms with van der Waals surface area (Å²) in [6, 6.07) is 8.04. The van der Waals surface area contributed by atoms with E-state index in [9.17, 15) is 0 Å². The van der Waals surface area contributed by atoms with Gasteiger partial charge in [-0.1, -0.05) is 31.0 Å². The first kappa shape index (κ1) is 15.3. The molecule has 0 spiro atoms. The second-order valence-corrected chi connectivity index (χ2v) is 5.93. The normalized spacial score (nSPS) is 15.9. The van der Waals surface area contributed by atoms with Gasteiger partial charge in [0.15, 0.2) is 0 Å². The summed E-state index contributed by atoms with van der Waals surface area (Å²) in [6.45, 7) is 3.67. The zero-order chi connectivity index (χ0) is 14.2. The van der Waals surface area contributed by atoms with Crippen LogP contribution in [0, 0.1) is 5.92 Å². The summed E-state index contributed by atoms with van der Waals surface area (Å²) in [7, 11) is 2.23. The average Bonchev–Trinajstić information content (AvgIpc) is 2.97. The number of nitrogens with two attached hydrogens (primary N) is 1. The monoisotopic (exact) mass is 276 g/mol. The van der Waals surface area contributed by atoms with Crippen LogP contribution in [0.4, 0.5) is 0 Å². The smallest absolute Gasteiger partial charge is 0.123 e. The number of benzene rings is 1. The molecular weight excluding hydrogens is 248 g/mol. The molecule has 0 radical (unpaired) electrons. The number of para-hydroxylation sites is 1. The molecule has 20 heavy (non-hydrogen) atoms. The molecule has 1 aliphatic carbocycles. The van der Waals surface area contributed by atoms with Gasteiger partial charge in [-0.3, -0.25) is 0 Å². The summed E-state index contributed by atoms with van der Waals surface area (Å²) in [5.41, 5.74) is 6.80. The van der Waals surface area contributed by atoms with Crippen molar-refractivity contribution < 1.29 is 4.74 Å². The van der Waals surface area contributed by atoms with Gasteiger partial charge in [-0.2, -0.15) is 0 Å². The van der Waals surface area contributed by atoms with E-state index in [-0.39, 0.29) is 0 Å². The summed E-state index contributed by atoms with van der Waals surface area (Å²) >= 11 is 0. The van der Waals surface area contributed by atoms with Gasteiger partial charge in [0.05, 0.1) is 6.61 Å². The van der Waals surface area contributed by atoms with E-state index in [1.807, 2.05) is 24.3 Å². The molecule has 0 heterocycles. The van der Waals surface area contributed by atoms with E-state index < -0.39 is 0 Å². The van der Waals surface area contributed by atoms with E-state index in [1.54, 1.807) is 0 Å². The highest BCUT2D eigenvalue weighted by molar-refractivity contribution is 5.32. The number of ether oxygens (including phenoxy) is 1. The maximum atomic E-state index is 5.84. The molecule has 0 amide bonds. The van der Waals surface area contributed by atoms with Crippen LogP contribution in [0.5, 0.6) is 5.75 Å². The first-order chi connectivity index (χ1) is 9.79. The van der Waals surface area contributed by atoms with Crippen molar-refractivity contribution in [3.8, 4) is 5.75 Å². The van der Waals surface area contributed by atoms with Crippen molar-refractivity contribution >= 4 is 0 Å². The summed E-state index contributed by atoms with van der Waals surface area (Å²) in [5.74, 6) is 1.87. The lowest BCUT2D eigenvalue weighted by atomic mass is 10.1. The molecule has 0 atom stereocenters. The van der Waals surface area contributed by atoms with E-state index in [1.165, 1.54) is 32.2 Å². The minimum absolute atomic E-state index is 0.539. The van der Waals surface area contributed by atoms with Crippen LogP contribution in [0.3, 0.4) is 0 Å². The van der Waals surface area contributed by atoms with Crippen molar-refractivity contribution in [2.24, 2.45) is 11.7 Å². The van der Waals surface area contributed by atoms with E-state index >= 15 is 0 Å². The zero-order valence-corrected chi connectivity index (χ0v) is 12.7. The third-order valence-corrected chi connectivity index (χ3v) is 4.18. The lowest BCUT2D eigenvalue weighted by molar-refractivity contribution is 0.238. The van der Waals surface area contributed by atoms with Crippen LogP contribution in [-0.4, -0.2) is 31.6 Å². The molecule has 2 N–H and O–H groups in total. The molecule has 3 heteroatoms. The molecule has 1 aromatic carbocycles.